The Morgan fingerprint density at radius 2 is 1.53 bits per heavy atom. The predicted octanol–water partition coefficient (Wildman–Crippen LogP) is 6.57. The number of hydrogen-bond acceptors (Lipinski definition) is 4. The second-order valence-electron chi connectivity index (χ2n) is 9.85. The van der Waals surface area contributed by atoms with E-state index in [4.69, 9.17) is 4.74 Å². The minimum absolute atomic E-state index is 0.0492. The Bertz CT molecular complexity index is 1550. The number of nitrogens with one attached hydrogen (secondary N) is 2. The van der Waals surface area contributed by atoms with E-state index in [1.165, 1.54) is 0 Å². The third kappa shape index (κ3) is 4.97. The summed E-state index contributed by atoms with van der Waals surface area (Å²) in [5.74, 6) is 1.26. The molecule has 5 nitrogen and oxygen atoms in total. The van der Waals surface area contributed by atoms with E-state index < -0.39 is 10.0 Å². The van der Waals surface area contributed by atoms with Crippen molar-refractivity contribution in [2.24, 2.45) is 5.92 Å². The highest BCUT2D eigenvalue weighted by Gasteiger charge is 2.39. The maximum Gasteiger partial charge on any atom is 0.240 e. The lowest BCUT2D eigenvalue weighted by molar-refractivity contribution is 0.296. The van der Waals surface area contributed by atoms with Crippen molar-refractivity contribution in [2.45, 2.75) is 36.4 Å². The van der Waals surface area contributed by atoms with Gasteiger partial charge in [-0.1, -0.05) is 91.0 Å². The molecule has 0 saturated carbocycles. The molecule has 0 radical (unpaired) electrons. The summed E-state index contributed by atoms with van der Waals surface area (Å²) in [5.41, 5.74) is 5.15. The van der Waals surface area contributed by atoms with E-state index in [-0.39, 0.29) is 29.3 Å². The van der Waals surface area contributed by atoms with E-state index in [0.29, 0.717) is 6.61 Å². The average Bonchev–Trinajstić information content (AvgIpc) is 3.46. The molecule has 2 aliphatic rings. The molecule has 0 amide bonds. The first-order chi connectivity index (χ1) is 18.6. The minimum atomic E-state index is -3.65. The largest absolute Gasteiger partial charge is 0.489 e. The van der Waals surface area contributed by atoms with E-state index in [2.05, 4.69) is 40.4 Å². The van der Waals surface area contributed by atoms with Crippen LogP contribution in [0.1, 0.15) is 40.6 Å². The van der Waals surface area contributed by atoms with Gasteiger partial charge in [0.25, 0.3) is 0 Å². The SMILES string of the molecule is O=S(=O)(NCc1ccccc1)c1ccc2c(c1)C1C=CCC1C(c1ccccc1OCc1ccccc1)N2. The van der Waals surface area contributed by atoms with E-state index in [9.17, 15) is 8.42 Å². The molecule has 3 unspecified atom stereocenters. The summed E-state index contributed by atoms with van der Waals surface area (Å²) in [5, 5.41) is 3.72. The summed E-state index contributed by atoms with van der Waals surface area (Å²) < 4.78 is 35.3. The van der Waals surface area contributed by atoms with Crippen LogP contribution in [0.5, 0.6) is 5.75 Å². The zero-order valence-corrected chi connectivity index (χ0v) is 21.8. The summed E-state index contributed by atoms with van der Waals surface area (Å²) in [6.07, 6.45) is 5.35. The van der Waals surface area contributed by atoms with Crippen LogP contribution in [0, 0.1) is 5.92 Å². The smallest absolute Gasteiger partial charge is 0.240 e. The van der Waals surface area contributed by atoms with Crippen LogP contribution in [0.2, 0.25) is 0 Å². The number of allylic oxidation sites excluding steroid dienone is 2. The fourth-order valence-corrected chi connectivity index (χ4v) is 6.56. The molecule has 38 heavy (non-hydrogen) atoms. The zero-order valence-electron chi connectivity index (χ0n) is 21.0. The van der Waals surface area contributed by atoms with Crippen LogP contribution in [0.25, 0.3) is 0 Å². The van der Waals surface area contributed by atoms with Crippen molar-refractivity contribution in [2.75, 3.05) is 5.32 Å². The molecule has 6 heteroatoms. The summed E-state index contributed by atoms with van der Waals surface area (Å²) in [7, 11) is -3.65. The molecule has 6 rings (SSSR count). The molecular formula is C32H30N2O3S. The summed E-state index contributed by atoms with van der Waals surface area (Å²) in [6, 6.07) is 33.4. The monoisotopic (exact) mass is 522 g/mol. The summed E-state index contributed by atoms with van der Waals surface area (Å²) in [4.78, 5) is 0.290. The first-order valence-electron chi connectivity index (χ1n) is 12.9. The Morgan fingerprint density at radius 1 is 0.816 bits per heavy atom. The Labute approximate surface area is 224 Å². The lowest BCUT2D eigenvalue weighted by atomic mass is 9.77. The van der Waals surface area contributed by atoms with Crippen molar-refractivity contribution in [3.63, 3.8) is 0 Å². The van der Waals surface area contributed by atoms with Gasteiger partial charge in [-0.15, -0.1) is 0 Å². The molecule has 0 spiro atoms. The van der Waals surface area contributed by atoms with Gasteiger partial charge in [-0.3, -0.25) is 0 Å². The molecule has 4 aromatic carbocycles. The van der Waals surface area contributed by atoms with Crippen LogP contribution in [0.4, 0.5) is 5.69 Å². The Balaban J connectivity index is 1.26. The third-order valence-electron chi connectivity index (χ3n) is 7.44. The molecule has 3 atom stereocenters. The Morgan fingerprint density at radius 3 is 2.32 bits per heavy atom. The quantitative estimate of drug-likeness (QED) is 0.257. The lowest BCUT2D eigenvalue weighted by Gasteiger charge is -2.38. The maximum absolute atomic E-state index is 13.1. The molecule has 0 aromatic heterocycles. The molecule has 1 heterocycles. The van der Waals surface area contributed by atoms with Crippen LogP contribution < -0.4 is 14.8 Å². The van der Waals surface area contributed by atoms with Crippen molar-refractivity contribution in [1.29, 1.82) is 0 Å². The molecule has 2 N–H and O–H groups in total. The van der Waals surface area contributed by atoms with Gasteiger partial charge >= 0.3 is 0 Å². The molecule has 0 bridgehead atoms. The average molecular weight is 523 g/mol. The zero-order chi connectivity index (χ0) is 26.0. The number of rotatable bonds is 8. The molecule has 0 saturated heterocycles. The van der Waals surface area contributed by atoms with Crippen molar-refractivity contribution in [3.8, 4) is 5.75 Å². The molecule has 192 valence electrons. The summed E-state index contributed by atoms with van der Waals surface area (Å²) >= 11 is 0. The number of fused-ring (bicyclic) bond motifs is 3. The number of sulfonamides is 1. The minimum Gasteiger partial charge on any atom is -0.489 e. The van der Waals surface area contributed by atoms with Gasteiger partial charge in [-0.25, -0.2) is 13.1 Å². The topological polar surface area (TPSA) is 67.4 Å². The van der Waals surface area contributed by atoms with Crippen molar-refractivity contribution < 1.29 is 13.2 Å². The van der Waals surface area contributed by atoms with Crippen LogP contribution >= 0.6 is 0 Å². The van der Waals surface area contributed by atoms with E-state index in [1.54, 1.807) is 6.07 Å². The molecule has 0 fully saturated rings. The standard InChI is InChI=1S/C32H30N2O3S/c35-38(36,33-21-23-10-3-1-4-11-23)25-18-19-30-29(20-25)26-15-9-16-27(26)32(34-30)28-14-7-8-17-31(28)37-22-24-12-5-2-6-13-24/h1-15,17-20,26-27,32-34H,16,21-22H2. The van der Waals surface area contributed by atoms with Crippen LogP contribution in [-0.2, 0) is 23.2 Å². The number of ether oxygens (including phenoxy) is 1. The third-order valence-corrected chi connectivity index (χ3v) is 8.84. The van der Waals surface area contributed by atoms with Gasteiger partial charge in [0.05, 0.1) is 10.9 Å². The van der Waals surface area contributed by atoms with E-state index in [0.717, 1.165) is 40.1 Å². The van der Waals surface area contributed by atoms with Gasteiger partial charge in [0, 0.05) is 23.7 Å². The highest BCUT2D eigenvalue weighted by Crippen LogP contribution is 2.51. The fraction of sp³-hybridized carbons (Fsp3) is 0.188. The van der Waals surface area contributed by atoms with Crippen molar-refractivity contribution >= 4 is 15.7 Å². The second-order valence-corrected chi connectivity index (χ2v) is 11.6. The second kappa shape index (κ2) is 10.5. The number of hydrogen-bond donors (Lipinski definition) is 2. The van der Waals surface area contributed by atoms with Crippen LogP contribution in [-0.4, -0.2) is 8.42 Å². The van der Waals surface area contributed by atoms with Gasteiger partial charge in [-0.2, -0.15) is 0 Å². The van der Waals surface area contributed by atoms with Crippen LogP contribution in [0.3, 0.4) is 0 Å². The van der Waals surface area contributed by atoms with Crippen molar-refractivity contribution in [3.05, 3.63) is 138 Å². The van der Waals surface area contributed by atoms with Gasteiger partial charge in [0.2, 0.25) is 10.0 Å². The molecule has 4 aromatic rings. The number of para-hydroxylation sites is 1. The van der Waals surface area contributed by atoms with Crippen molar-refractivity contribution in [1.82, 2.24) is 4.72 Å². The van der Waals surface area contributed by atoms with Gasteiger partial charge in [0.1, 0.15) is 12.4 Å². The van der Waals surface area contributed by atoms with Gasteiger partial charge in [-0.05, 0) is 53.3 Å². The first-order valence-corrected chi connectivity index (χ1v) is 14.4. The maximum atomic E-state index is 13.1. The number of benzene rings is 4. The summed E-state index contributed by atoms with van der Waals surface area (Å²) in [6.45, 7) is 0.761. The van der Waals surface area contributed by atoms with E-state index >= 15 is 0 Å². The van der Waals surface area contributed by atoms with E-state index in [1.807, 2.05) is 78.9 Å². The number of anilines is 1. The molecule has 1 aliphatic carbocycles. The molecule has 1 aliphatic heterocycles. The normalized spacial score (nSPS) is 19.8. The van der Waals surface area contributed by atoms with Gasteiger partial charge in [0.15, 0.2) is 0 Å². The fourth-order valence-electron chi connectivity index (χ4n) is 5.51. The molecular weight excluding hydrogens is 492 g/mol. The lowest BCUT2D eigenvalue weighted by Crippen LogP contribution is -2.30. The Hall–Kier alpha value is -3.87. The highest BCUT2D eigenvalue weighted by molar-refractivity contribution is 7.89. The highest BCUT2D eigenvalue weighted by atomic mass is 32.2. The van der Waals surface area contributed by atoms with Crippen LogP contribution in [0.15, 0.2) is 120 Å². The van der Waals surface area contributed by atoms with Gasteiger partial charge < -0.3 is 10.1 Å². The Kier molecular flexibility index (Phi) is 6.75. The first kappa shape index (κ1) is 24.5. The predicted molar refractivity (Wildman–Crippen MR) is 150 cm³/mol.